The van der Waals surface area contributed by atoms with Crippen molar-refractivity contribution in [2.24, 2.45) is 5.92 Å². The van der Waals surface area contributed by atoms with Crippen molar-refractivity contribution in [2.75, 3.05) is 18.5 Å². The van der Waals surface area contributed by atoms with Crippen LogP contribution in [-0.4, -0.2) is 28.3 Å². The molecule has 3 N–H and O–H groups in total. The van der Waals surface area contributed by atoms with Gasteiger partial charge in [0, 0.05) is 19.2 Å². The van der Waals surface area contributed by atoms with Crippen LogP contribution >= 0.6 is 0 Å². The molecule has 6 heteroatoms. The Morgan fingerprint density at radius 1 is 1.44 bits per heavy atom. The number of nitrogens with one attached hydrogen (secondary N) is 1. The van der Waals surface area contributed by atoms with Crippen molar-refractivity contribution in [3.05, 3.63) is 33.9 Å². The smallest absolute Gasteiger partial charge is 0.292 e. The van der Waals surface area contributed by atoms with Crippen LogP contribution in [0, 0.1) is 16.0 Å². The Kier molecular flexibility index (Phi) is 5.54. The molecule has 18 heavy (non-hydrogen) atoms. The Labute approximate surface area is 105 Å². The van der Waals surface area contributed by atoms with E-state index in [0.717, 1.165) is 0 Å². The third-order valence-electron chi connectivity index (χ3n) is 2.70. The molecule has 1 rings (SSSR count). The molecule has 0 aliphatic rings. The van der Waals surface area contributed by atoms with Gasteiger partial charge in [-0.05, 0) is 30.0 Å². The van der Waals surface area contributed by atoms with Gasteiger partial charge in [-0.1, -0.05) is 6.92 Å². The van der Waals surface area contributed by atoms with Crippen molar-refractivity contribution in [3.63, 3.8) is 0 Å². The lowest BCUT2D eigenvalue weighted by Crippen LogP contribution is -2.13. The van der Waals surface area contributed by atoms with Crippen LogP contribution in [0.15, 0.2) is 18.2 Å². The zero-order valence-corrected chi connectivity index (χ0v) is 10.3. The summed E-state index contributed by atoms with van der Waals surface area (Å²) >= 11 is 0. The number of anilines is 1. The van der Waals surface area contributed by atoms with Gasteiger partial charge in [-0.3, -0.25) is 10.1 Å². The van der Waals surface area contributed by atoms with Crippen molar-refractivity contribution >= 4 is 11.4 Å². The number of aliphatic hydroxyl groups is 2. The van der Waals surface area contributed by atoms with Gasteiger partial charge in [0.1, 0.15) is 5.69 Å². The Hall–Kier alpha value is -1.66. The van der Waals surface area contributed by atoms with Crippen LogP contribution in [0.2, 0.25) is 0 Å². The summed E-state index contributed by atoms with van der Waals surface area (Å²) in [6.07, 6.45) is 0.639. The minimum Gasteiger partial charge on any atom is -0.396 e. The third kappa shape index (κ3) is 3.97. The number of nitro groups is 1. The van der Waals surface area contributed by atoms with Crippen molar-refractivity contribution in [1.29, 1.82) is 0 Å². The number of benzene rings is 1. The van der Waals surface area contributed by atoms with E-state index in [-0.39, 0.29) is 24.8 Å². The molecule has 0 spiro atoms. The normalized spacial score (nSPS) is 12.2. The maximum Gasteiger partial charge on any atom is 0.292 e. The molecule has 0 aliphatic carbocycles. The number of aliphatic hydroxyl groups excluding tert-OH is 2. The standard InChI is InChI=1S/C12H18N2O4/c1-9(4-5-15)7-13-11-6-10(8-16)2-3-12(11)14(17)18/h2-3,6,9,13,15-16H,4-5,7-8H2,1H3. The predicted molar refractivity (Wildman–Crippen MR) is 68.4 cm³/mol. The van der Waals surface area contributed by atoms with Crippen LogP contribution < -0.4 is 5.32 Å². The molecule has 1 atom stereocenters. The summed E-state index contributed by atoms with van der Waals surface area (Å²) in [4.78, 5) is 10.4. The minimum absolute atomic E-state index is 0.0107. The Balaban J connectivity index is 2.80. The van der Waals surface area contributed by atoms with E-state index in [0.29, 0.717) is 24.2 Å². The number of hydrogen-bond donors (Lipinski definition) is 3. The highest BCUT2D eigenvalue weighted by atomic mass is 16.6. The molecule has 0 heterocycles. The number of hydrogen-bond acceptors (Lipinski definition) is 5. The Morgan fingerprint density at radius 2 is 2.17 bits per heavy atom. The highest BCUT2D eigenvalue weighted by Gasteiger charge is 2.14. The lowest BCUT2D eigenvalue weighted by atomic mass is 10.1. The largest absolute Gasteiger partial charge is 0.396 e. The van der Waals surface area contributed by atoms with E-state index < -0.39 is 4.92 Å². The quantitative estimate of drug-likeness (QED) is 0.506. The van der Waals surface area contributed by atoms with Gasteiger partial charge >= 0.3 is 0 Å². The zero-order valence-electron chi connectivity index (χ0n) is 10.3. The summed E-state index contributed by atoms with van der Waals surface area (Å²) < 4.78 is 0. The highest BCUT2D eigenvalue weighted by Crippen LogP contribution is 2.25. The first-order valence-electron chi connectivity index (χ1n) is 5.81. The van der Waals surface area contributed by atoms with E-state index in [1.165, 1.54) is 12.1 Å². The molecule has 0 aliphatic heterocycles. The van der Waals surface area contributed by atoms with Crippen LogP contribution in [0.3, 0.4) is 0 Å². The molecule has 0 radical (unpaired) electrons. The summed E-state index contributed by atoms with van der Waals surface area (Å²) in [5.74, 6) is 0.215. The van der Waals surface area contributed by atoms with E-state index in [9.17, 15) is 10.1 Å². The molecule has 6 nitrogen and oxygen atoms in total. The summed E-state index contributed by atoms with van der Waals surface area (Å²) in [6, 6.07) is 4.48. The van der Waals surface area contributed by atoms with Crippen LogP contribution in [0.5, 0.6) is 0 Å². The Morgan fingerprint density at radius 3 is 2.72 bits per heavy atom. The van der Waals surface area contributed by atoms with Gasteiger partial charge < -0.3 is 15.5 Å². The maximum absolute atomic E-state index is 10.9. The second-order valence-electron chi connectivity index (χ2n) is 4.27. The van der Waals surface area contributed by atoms with E-state index in [1.54, 1.807) is 6.07 Å². The lowest BCUT2D eigenvalue weighted by Gasteiger charge is -2.13. The van der Waals surface area contributed by atoms with E-state index >= 15 is 0 Å². The summed E-state index contributed by atoms with van der Waals surface area (Å²) in [6.45, 7) is 2.43. The molecular weight excluding hydrogens is 236 g/mol. The van der Waals surface area contributed by atoms with Crippen molar-refractivity contribution in [1.82, 2.24) is 0 Å². The highest BCUT2D eigenvalue weighted by molar-refractivity contribution is 5.62. The zero-order chi connectivity index (χ0) is 13.5. The first-order valence-corrected chi connectivity index (χ1v) is 5.81. The number of rotatable bonds is 7. The van der Waals surface area contributed by atoms with E-state index in [1.807, 2.05) is 6.92 Å². The Bertz CT molecular complexity index is 409. The molecule has 100 valence electrons. The molecular formula is C12H18N2O4. The predicted octanol–water partition coefficient (Wildman–Crippen LogP) is 1.52. The molecule has 1 aromatic carbocycles. The fourth-order valence-electron chi connectivity index (χ4n) is 1.59. The fourth-order valence-corrected chi connectivity index (χ4v) is 1.59. The molecule has 0 amide bonds. The van der Waals surface area contributed by atoms with Crippen molar-refractivity contribution in [3.8, 4) is 0 Å². The second-order valence-corrected chi connectivity index (χ2v) is 4.27. The first kappa shape index (κ1) is 14.4. The van der Waals surface area contributed by atoms with Gasteiger partial charge in [0.15, 0.2) is 0 Å². The van der Waals surface area contributed by atoms with Crippen LogP contribution in [-0.2, 0) is 6.61 Å². The fraction of sp³-hybridized carbons (Fsp3) is 0.500. The average molecular weight is 254 g/mol. The van der Waals surface area contributed by atoms with Crippen molar-refractivity contribution < 1.29 is 15.1 Å². The molecule has 1 aromatic rings. The third-order valence-corrected chi connectivity index (χ3v) is 2.70. The van der Waals surface area contributed by atoms with Crippen LogP contribution in [0.4, 0.5) is 11.4 Å². The maximum atomic E-state index is 10.9. The van der Waals surface area contributed by atoms with E-state index in [4.69, 9.17) is 10.2 Å². The van der Waals surface area contributed by atoms with Crippen LogP contribution in [0.1, 0.15) is 18.9 Å². The van der Waals surface area contributed by atoms with Gasteiger partial charge in [-0.2, -0.15) is 0 Å². The number of nitro benzene ring substituents is 1. The molecule has 0 aromatic heterocycles. The average Bonchev–Trinajstić information content (AvgIpc) is 2.36. The first-order chi connectivity index (χ1) is 8.58. The topological polar surface area (TPSA) is 95.6 Å². The molecule has 0 bridgehead atoms. The summed E-state index contributed by atoms with van der Waals surface area (Å²) in [5, 5.41) is 31.7. The molecule has 0 saturated heterocycles. The van der Waals surface area contributed by atoms with E-state index in [2.05, 4.69) is 5.32 Å². The molecule has 1 unspecified atom stereocenters. The van der Waals surface area contributed by atoms with Gasteiger partial charge in [-0.15, -0.1) is 0 Å². The molecule has 0 fully saturated rings. The molecule has 0 saturated carbocycles. The summed E-state index contributed by atoms with van der Waals surface area (Å²) in [7, 11) is 0. The van der Waals surface area contributed by atoms with Crippen LogP contribution in [0.25, 0.3) is 0 Å². The number of nitrogens with zero attached hydrogens (tertiary/aromatic N) is 1. The van der Waals surface area contributed by atoms with Gasteiger partial charge in [-0.25, -0.2) is 0 Å². The lowest BCUT2D eigenvalue weighted by molar-refractivity contribution is -0.384. The summed E-state index contributed by atoms with van der Waals surface area (Å²) in [5.41, 5.74) is 1.01. The second kappa shape index (κ2) is 6.93. The SMILES string of the molecule is CC(CCO)CNc1cc(CO)ccc1[N+](=O)[O-]. The van der Waals surface area contributed by atoms with Gasteiger partial charge in [0.2, 0.25) is 0 Å². The van der Waals surface area contributed by atoms with Gasteiger partial charge in [0.25, 0.3) is 5.69 Å². The monoisotopic (exact) mass is 254 g/mol. The van der Waals surface area contributed by atoms with Crippen molar-refractivity contribution in [2.45, 2.75) is 20.0 Å². The van der Waals surface area contributed by atoms with Gasteiger partial charge in [0.05, 0.1) is 11.5 Å². The minimum atomic E-state index is -0.458.